The number of aromatic amines is 1. The van der Waals surface area contributed by atoms with Crippen molar-refractivity contribution in [3.8, 4) is 0 Å². The second-order valence-corrected chi connectivity index (χ2v) is 5.49. The molecule has 2 aromatic rings. The van der Waals surface area contributed by atoms with Crippen molar-refractivity contribution >= 4 is 10.9 Å². The monoisotopic (exact) mass is 255 g/mol. The zero-order valence-electron chi connectivity index (χ0n) is 12.2. The topological polar surface area (TPSA) is 15.8 Å². The number of hydrogen-bond donors (Lipinski definition) is 1. The van der Waals surface area contributed by atoms with E-state index in [1.807, 2.05) is 0 Å². The van der Waals surface area contributed by atoms with Gasteiger partial charge in [-0.2, -0.15) is 0 Å². The van der Waals surface area contributed by atoms with Crippen molar-refractivity contribution in [2.75, 3.05) is 0 Å². The predicted molar refractivity (Wildman–Crippen MR) is 84.5 cm³/mol. The summed E-state index contributed by atoms with van der Waals surface area (Å²) in [5.74, 6) is 1.11. The Morgan fingerprint density at radius 1 is 1.26 bits per heavy atom. The Morgan fingerprint density at radius 3 is 2.79 bits per heavy atom. The van der Waals surface area contributed by atoms with Crippen LogP contribution in [-0.4, -0.2) is 4.98 Å². The maximum Gasteiger partial charge on any atom is 0.0456 e. The van der Waals surface area contributed by atoms with Gasteiger partial charge in [0.15, 0.2) is 0 Å². The normalized spacial score (nSPS) is 14.4. The van der Waals surface area contributed by atoms with E-state index in [4.69, 9.17) is 0 Å². The number of allylic oxidation sites excluding steroid dienone is 1. The Bertz CT molecular complexity index is 523. The number of H-pyrrole nitrogens is 1. The molecular formula is C18H25N. The fourth-order valence-corrected chi connectivity index (χ4v) is 2.88. The largest absolute Gasteiger partial charge is 0.361 e. The average molecular weight is 255 g/mol. The van der Waals surface area contributed by atoms with Crippen LogP contribution < -0.4 is 0 Å². The molecule has 2 unspecified atom stereocenters. The number of rotatable bonds is 7. The average Bonchev–Trinajstić information content (AvgIpc) is 2.87. The van der Waals surface area contributed by atoms with Gasteiger partial charge in [-0.1, -0.05) is 57.4 Å². The van der Waals surface area contributed by atoms with Crippen LogP contribution in [0.15, 0.2) is 43.1 Å². The lowest BCUT2D eigenvalue weighted by Gasteiger charge is -2.21. The van der Waals surface area contributed by atoms with Gasteiger partial charge in [-0.25, -0.2) is 0 Å². The lowest BCUT2D eigenvalue weighted by molar-refractivity contribution is 0.484. The Kier molecular flexibility index (Phi) is 4.84. The summed E-state index contributed by atoms with van der Waals surface area (Å²) in [4.78, 5) is 3.40. The Balaban J connectivity index is 2.28. The van der Waals surface area contributed by atoms with Crippen LogP contribution in [0, 0.1) is 5.92 Å². The van der Waals surface area contributed by atoms with E-state index in [2.05, 4.69) is 61.9 Å². The van der Waals surface area contributed by atoms with E-state index in [9.17, 15) is 0 Å². The van der Waals surface area contributed by atoms with E-state index >= 15 is 0 Å². The number of nitrogens with one attached hydrogen (secondary N) is 1. The van der Waals surface area contributed by atoms with Crippen LogP contribution in [0.4, 0.5) is 0 Å². The highest BCUT2D eigenvalue weighted by atomic mass is 14.7. The van der Waals surface area contributed by atoms with E-state index in [0.29, 0.717) is 11.8 Å². The van der Waals surface area contributed by atoms with Crippen LogP contribution >= 0.6 is 0 Å². The minimum atomic E-state index is 0.524. The molecule has 0 bridgehead atoms. The van der Waals surface area contributed by atoms with Crippen LogP contribution in [0.5, 0.6) is 0 Å². The van der Waals surface area contributed by atoms with Crippen LogP contribution in [-0.2, 0) is 0 Å². The standard InChI is InChI=1S/C18H25N/c1-4-6-7-10-15(14(3)5-2)17-13-19-18-12-9-8-11-16(17)18/h5,8-9,11-15,19H,2,4,6-7,10H2,1,3H3. The number of unbranched alkanes of at least 4 members (excludes halogenated alkanes) is 2. The summed E-state index contributed by atoms with van der Waals surface area (Å²) in [6.07, 6.45) is 9.45. The first-order valence-corrected chi connectivity index (χ1v) is 7.46. The molecule has 0 radical (unpaired) electrons. The molecule has 0 saturated carbocycles. The fraction of sp³-hybridized carbons (Fsp3) is 0.444. The van der Waals surface area contributed by atoms with Gasteiger partial charge in [-0.3, -0.25) is 0 Å². The van der Waals surface area contributed by atoms with Gasteiger partial charge in [0.1, 0.15) is 0 Å². The minimum absolute atomic E-state index is 0.524. The molecule has 1 heteroatoms. The quantitative estimate of drug-likeness (QED) is 0.486. The third-order valence-corrected chi connectivity index (χ3v) is 4.15. The van der Waals surface area contributed by atoms with Gasteiger partial charge >= 0.3 is 0 Å². The fourth-order valence-electron chi connectivity index (χ4n) is 2.88. The molecule has 0 aliphatic rings. The minimum Gasteiger partial charge on any atom is -0.361 e. The molecule has 2 rings (SSSR count). The smallest absolute Gasteiger partial charge is 0.0456 e. The molecule has 1 N–H and O–H groups in total. The molecule has 0 aliphatic heterocycles. The van der Waals surface area contributed by atoms with E-state index in [1.165, 1.54) is 42.1 Å². The van der Waals surface area contributed by atoms with Crippen LogP contribution in [0.1, 0.15) is 51.0 Å². The van der Waals surface area contributed by atoms with Crippen molar-refractivity contribution in [3.05, 3.63) is 48.7 Å². The second-order valence-electron chi connectivity index (χ2n) is 5.49. The first-order valence-electron chi connectivity index (χ1n) is 7.46. The first-order chi connectivity index (χ1) is 9.27. The van der Waals surface area contributed by atoms with Crippen LogP contribution in [0.25, 0.3) is 10.9 Å². The number of fused-ring (bicyclic) bond motifs is 1. The summed E-state index contributed by atoms with van der Waals surface area (Å²) in [5.41, 5.74) is 2.70. The molecule has 102 valence electrons. The summed E-state index contributed by atoms with van der Waals surface area (Å²) in [6.45, 7) is 8.53. The Morgan fingerprint density at radius 2 is 2.05 bits per heavy atom. The third kappa shape index (κ3) is 3.09. The molecule has 0 amide bonds. The molecule has 0 saturated heterocycles. The van der Waals surface area contributed by atoms with Gasteiger partial charge in [0, 0.05) is 17.1 Å². The lowest BCUT2D eigenvalue weighted by Crippen LogP contribution is -2.07. The molecule has 1 aromatic carbocycles. The Labute approximate surface area is 116 Å². The van der Waals surface area contributed by atoms with Gasteiger partial charge in [0.2, 0.25) is 0 Å². The van der Waals surface area contributed by atoms with Gasteiger partial charge in [-0.05, 0) is 29.9 Å². The molecule has 1 nitrogen and oxygen atoms in total. The van der Waals surface area contributed by atoms with Crippen molar-refractivity contribution in [2.24, 2.45) is 5.92 Å². The molecule has 2 atom stereocenters. The van der Waals surface area contributed by atoms with E-state index in [-0.39, 0.29) is 0 Å². The van der Waals surface area contributed by atoms with Crippen molar-refractivity contribution in [1.82, 2.24) is 4.98 Å². The highest BCUT2D eigenvalue weighted by Crippen LogP contribution is 2.35. The van der Waals surface area contributed by atoms with Crippen LogP contribution in [0.2, 0.25) is 0 Å². The molecule has 0 spiro atoms. The second kappa shape index (κ2) is 6.60. The highest BCUT2D eigenvalue weighted by Gasteiger charge is 2.19. The van der Waals surface area contributed by atoms with Gasteiger partial charge in [-0.15, -0.1) is 6.58 Å². The zero-order chi connectivity index (χ0) is 13.7. The first kappa shape index (κ1) is 13.9. The zero-order valence-corrected chi connectivity index (χ0v) is 12.2. The maximum absolute atomic E-state index is 3.99. The van der Waals surface area contributed by atoms with Crippen molar-refractivity contribution in [3.63, 3.8) is 0 Å². The SMILES string of the molecule is C=CC(C)C(CCCCC)c1c[nH]c2ccccc12. The molecule has 0 fully saturated rings. The lowest BCUT2D eigenvalue weighted by atomic mass is 9.83. The van der Waals surface area contributed by atoms with Crippen molar-refractivity contribution < 1.29 is 0 Å². The summed E-state index contributed by atoms with van der Waals surface area (Å²) in [7, 11) is 0. The van der Waals surface area contributed by atoms with Gasteiger partial charge in [0.25, 0.3) is 0 Å². The number of benzene rings is 1. The summed E-state index contributed by atoms with van der Waals surface area (Å²) >= 11 is 0. The molecule has 1 heterocycles. The summed E-state index contributed by atoms with van der Waals surface area (Å²) < 4.78 is 0. The van der Waals surface area contributed by atoms with Gasteiger partial charge in [0.05, 0.1) is 0 Å². The third-order valence-electron chi connectivity index (χ3n) is 4.15. The van der Waals surface area contributed by atoms with Crippen LogP contribution in [0.3, 0.4) is 0 Å². The summed E-state index contributed by atoms with van der Waals surface area (Å²) in [6, 6.07) is 8.59. The number of para-hydroxylation sites is 1. The van der Waals surface area contributed by atoms with Crippen molar-refractivity contribution in [2.45, 2.75) is 45.4 Å². The molecule has 0 aliphatic carbocycles. The number of hydrogen-bond acceptors (Lipinski definition) is 0. The molecular weight excluding hydrogens is 230 g/mol. The maximum atomic E-state index is 3.99. The summed E-state index contributed by atoms with van der Waals surface area (Å²) in [5, 5.41) is 1.37. The van der Waals surface area contributed by atoms with E-state index in [0.717, 1.165) is 0 Å². The molecule has 19 heavy (non-hydrogen) atoms. The Hall–Kier alpha value is -1.50. The van der Waals surface area contributed by atoms with E-state index in [1.54, 1.807) is 0 Å². The molecule has 1 aromatic heterocycles. The number of aromatic nitrogens is 1. The highest BCUT2D eigenvalue weighted by molar-refractivity contribution is 5.83. The van der Waals surface area contributed by atoms with E-state index < -0.39 is 0 Å². The van der Waals surface area contributed by atoms with Gasteiger partial charge < -0.3 is 4.98 Å². The van der Waals surface area contributed by atoms with Crippen molar-refractivity contribution in [1.29, 1.82) is 0 Å². The predicted octanol–water partition coefficient (Wildman–Crippen LogP) is 5.65.